The summed E-state index contributed by atoms with van der Waals surface area (Å²) in [7, 11) is 0. The van der Waals surface area contributed by atoms with E-state index in [-0.39, 0.29) is 29.4 Å². The van der Waals surface area contributed by atoms with E-state index in [4.69, 9.17) is 15.2 Å². The van der Waals surface area contributed by atoms with Crippen molar-refractivity contribution >= 4 is 35.6 Å². The number of rotatable bonds is 4. The van der Waals surface area contributed by atoms with E-state index >= 15 is 0 Å². The number of nitrogens with one attached hydrogen (secondary N) is 1. The molecule has 0 bridgehead atoms. The van der Waals surface area contributed by atoms with E-state index in [1.807, 2.05) is 18.2 Å². The molecule has 3 N–H and O–H groups in total. The Morgan fingerprint density at radius 3 is 2.59 bits per heavy atom. The van der Waals surface area contributed by atoms with Gasteiger partial charge in [0.2, 0.25) is 0 Å². The van der Waals surface area contributed by atoms with Gasteiger partial charge in [0.15, 0.2) is 17.5 Å². The molecule has 1 aliphatic carbocycles. The van der Waals surface area contributed by atoms with Crippen LogP contribution in [0, 0.1) is 6.92 Å². The van der Waals surface area contributed by atoms with Crippen LogP contribution in [-0.4, -0.2) is 25.7 Å². The first-order chi connectivity index (χ1) is 12.7. The number of aryl methyl sites for hydroxylation is 1. The molecule has 0 saturated heterocycles. The molecule has 0 unspecified atom stereocenters. The Morgan fingerprint density at radius 1 is 1.11 bits per heavy atom. The molecular weight excluding hydrogens is 453 g/mol. The minimum Gasteiger partial charge on any atom is -0.490 e. The van der Waals surface area contributed by atoms with Crippen LogP contribution in [0.3, 0.4) is 0 Å². The normalized spacial score (nSPS) is 17.4. The fourth-order valence-corrected chi connectivity index (χ4v) is 3.50. The molecule has 2 aromatic carbocycles. The van der Waals surface area contributed by atoms with Gasteiger partial charge in [0, 0.05) is 23.6 Å². The molecule has 1 fully saturated rings. The lowest BCUT2D eigenvalue weighted by Gasteiger charge is -2.16. The average Bonchev–Trinajstić information content (AvgIpc) is 3.45. The van der Waals surface area contributed by atoms with E-state index < -0.39 is 0 Å². The summed E-state index contributed by atoms with van der Waals surface area (Å²) in [5.41, 5.74) is 9.87. The first-order valence-corrected chi connectivity index (χ1v) is 9.19. The van der Waals surface area contributed by atoms with Crippen LogP contribution in [0.2, 0.25) is 0 Å². The summed E-state index contributed by atoms with van der Waals surface area (Å²) < 4.78 is 11.4. The number of benzene rings is 2. The molecule has 144 valence electrons. The Bertz CT molecular complexity index is 834. The van der Waals surface area contributed by atoms with Gasteiger partial charge in [-0.05, 0) is 43.0 Å². The smallest absolute Gasteiger partial charge is 0.193 e. The molecule has 0 atom stereocenters. The highest BCUT2D eigenvalue weighted by molar-refractivity contribution is 14.0. The Kier molecular flexibility index (Phi) is 6.14. The summed E-state index contributed by atoms with van der Waals surface area (Å²) in [6.45, 7) is 4.23. The number of halogens is 1. The molecule has 6 heteroatoms. The fraction of sp³-hybridized carbons (Fsp3) is 0.381. The van der Waals surface area contributed by atoms with Crippen LogP contribution in [0.25, 0.3) is 0 Å². The molecule has 0 spiro atoms. The van der Waals surface area contributed by atoms with Crippen molar-refractivity contribution in [2.45, 2.75) is 31.6 Å². The Balaban J connectivity index is 0.00000210. The highest BCUT2D eigenvalue weighted by atomic mass is 127. The number of hydrogen-bond acceptors (Lipinski definition) is 3. The SMILES string of the molecule is Cc1ccccc1C1(CN=C(N)Nc2ccc3c(c2)OCCCO3)CC1.I. The third-order valence-corrected chi connectivity index (χ3v) is 5.14. The van der Waals surface area contributed by atoms with Gasteiger partial charge in [-0.1, -0.05) is 24.3 Å². The van der Waals surface area contributed by atoms with Crippen molar-refractivity contribution in [1.82, 2.24) is 0 Å². The molecule has 0 radical (unpaired) electrons. The van der Waals surface area contributed by atoms with Gasteiger partial charge in [-0.2, -0.15) is 0 Å². The molecule has 1 heterocycles. The first-order valence-electron chi connectivity index (χ1n) is 9.19. The molecule has 27 heavy (non-hydrogen) atoms. The van der Waals surface area contributed by atoms with Crippen LogP contribution >= 0.6 is 24.0 Å². The van der Waals surface area contributed by atoms with E-state index in [0.29, 0.717) is 25.7 Å². The van der Waals surface area contributed by atoms with Crippen molar-refractivity contribution in [2.24, 2.45) is 10.7 Å². The maximum atomic E-state index is 6.13. The van der Waals surface area contributed by atoms with Crippen LogP contribution < -0.4 is 20.5 Å². The number of anilines is 1. The Labute approximate surface area is 177 Å². The molecule has 0 amide bonds. The summed E-state index contributed by atoms with van der Waals surface area (Å²) in [6.07, 6.45) is 3.22. The highest BCUT2D eigenvalue weighted by Crippen LogP contribution is 2.49. The largest absolute Gasteiger partial charge is 0.490 e. The van der Waals surface area contributed by atoms with Crippen LogP contribution in [0.5, 0.6) is 11.5 Å². The second-order valence-electron chi connectivity index (χ2n) is 7.13. The molecule has 1 aliphatic heterocycles. The van der Waals surface area contributed by atoms with E-state index in [2.05, 4.69) is 41.5 Å². The minimum absolute atomic E-state index is 0. The quantitative estimate of drug-likeness (QED) is 0.391. The van der Waals surface area contributed by atoms with Gasteiger partial charge in [0.1, 0.15) is 0 Å². The van der Waals surface area contributed by atoms with Gasteiger partial charge < -0.3 is 20.5 Å². The molecule has 0 aromatic heterocycles. The zero-order valence-corrected chi connectivity index (χ0v) is 17.9. The van der Waals surface area contributed by atoms with Gasteiger partial charge >= 0.3 is 0 Å². The number of nitrogens with zero attached hydrogens (tertiary/aromatic N) is 1. The summed E-state index contributed by atoms with van der Waals surface area (Å²) in [4.78, 5) is 4.61. The third-order valence-electron chi connectivity index (χ3n) is 5.14. The van der Waals surface area contributed by atoms with E-state index in [1.54, 1.807) is 0 Å². The monoisotopic (exact) mass is 479 g/mol. The van der Waals surface area contributed by atoms with Crippen molar-refractivity contribution in [2.75, 3.05) is 25.1 Å². The first kappa shape index (κ1) is 19.8. The second-order valence-corrected chi connectivity index (χ2v) is 7.13. The number of guanidine groups is 1. The van der Waals surface area contributed by atoms with Gasteiger partial charge in [-0.25, -0.2) is 0 Å². The van der Waals surface area contributed by atoms with Crippen molar-refractivity contribution in [3.8, 4) is 11.5 Å². The lowest BCUT2D eigenvalue weighted by atomic mass is 9.92. The summed E-state index contributed by atoms with van der Waals surface area (Å²) >= 11 is 0. The standard InChI is InChI=1S/C21H25N3O2.HI/c1-15-5-2-3-6-17(15)21(9-10-21)14-23-20(22)24-16-7-8-18-19(13-16)26-12-4-11-25-18;/h2-3,5-8,13H,4,9-12,14H2,1H3,(H3,22,23,24);1H. The van der Waals surface area contributed by atoms with Crippen LogP contribution in [-0.2, 0) is 5.41 Å². The number of hydrogen-bond donors (Lipinski definition) is 2. The van der Waals surface area contributed by atoms with Crippen LogP contribution in [0.4, 0.5) is 5.69 Å². The third kappa shape index (κ3) is 4.48. The maximum Gasteiger partial charge on any atom is 0.193 e. The number of ether oxygens (including phenoxy) is 2. The topological polar surface area (TPSA) is 68.9 Å². The highest BCUT2D eigenvalue weighted by Gasteiger charge is 2.44. The molecule has 2 aromatic rings. The van der Waals surface area contributed by atoms with Crippen molar-refractivity contribution in [3.05, 3.63) is 53.6 Å². The average molecular weight is 479 g/mol. The van der Waals surface area contributed by atoms with Crippen LogP contribution in [0.1, 0.15) is 30.4 Å². The predicted octanol–water partition coefficient (Wildman–Crippen LogP) is 4.23. The Morgan fingerprint density at radius 2 is 1.85 bits per heavy atom. The lowest BCUT2D eigenvalue weighted by molar-refractivity contribution is 0.297. The summed E-state index contributed by atoms with van der Waals surface area (Å²) in [5.74, 6) is 1.96. The number of nitrogens with two attached hydrogens (primary N) is 1. The van der Waals surface area contributed by atoms with Gasteiger partial charge in [-0.15, -0.1) is 24.0 Å². The minimum atomic E-state index is 0. The number of fused-ring (bicyclic) bond motifs is 1. The van der Waals surface area contributed by atoms with E-state index in [0.717, 1.165) is 23.6 Å². The second kappa shape index (κ2) is 8.37. The van der Waals surface area contributed by atoms with Crippen LogP contribution in [0.15, 0.2) is 47.5 Å². The zero-order chi connectivity index (χ0) is 18.0. The molecule has 1 saturated carbocycles. The fourth-order valence-electron chi connectivity index (χ4n) is 3.50. The van der Waals surface area contributed by atoms with E-state index in [9.17, 15) is 0 Å². The zero-order valence-electron chi connectivity index (χ0n) is 15.5. The van der Waals surface area contributed by atoms with Gasteiger partial charge in [0.05, 0.1) is 19.8 Å². The summed E-state index contributed by atoms with van der Waals surface area (Å²) in [5, 5.41) is 3.17. The number of aliphatic imine (C=N–C) groups is 1. The van der Waals surface area contributed by atoms with Gasteiger partial charge in [-0.3, -0.25) is 4.99 Å². The predicted molar refractivity (Wildman–Crippen MR) is 120 cm³/mol. The van der Waals surface area contributed by atoms with Crippen molar-refractivity contribution in [3.63, 3.8) is 0 Å². The van der Waals surface area contributed by atoms with E-state index in [1.165, 1.54) is 24.0 Å². The molecule has 4 rings (SSSR count). The van der Waals surface area contributed by atoms with Gasteiger partial charge in [0.25, 0.3) is 0 Å². The molecular formula is C21H26IN3O2. The summed E-state index contributed by atoms with van der Waals surface area (Å²) in [6, 6.07) is 14.3. The van der Waals surface area contributed by atoms with Crippen molar-refractivity contribution in [1.29, 1.82) is 0 Å². The molecule has 5 nitrogen and oxygen atoms in total. The lowest BCUT2D eigenvalue weighted by Crippen LogP contribution is -2.25. The maximum absolute atomic E-state index is 6.13. The molecule has 2 aliphatic rings. The van der Waals surface area contributed by atoms with Crippen molar-refractivity contribution < 1.29 is 9.47 Å². The Hall–Kier alpha value is -1.96.